The van der Waals surface area contributed by atoms with Gasteiger partial charge in [0.1, 0.15) is 11.6 Å². The number of pyridine rings is 1. The number of aryl methyl sites for hydroxylation is 1. The van der Waals surface area contributed by atoms with Crippen LogP contribution in [0.15, 0.2) is 34.9 Å². The van der Waals surface area contributed by atoms with E-state index in [9.17, 15) is 4.79 Å². The van der Waals surface area contributed by atoms with Gasteiger partial charge in [0.05, 0.1) is 24.1 Å². The lowest BCUT2D eigenvalue weighted by Crippen LogP contribution is -2.18. The lowest BCUT2D eigenvalue weighted by Gasteiger charge is -2.17. The van der Waals surface area contributed by atoms with Gasteiger partial charge in [-0.25, -0.2) is 9.78 Å². The van der Waals surface area contributed by atoms with Crippen molar-refractivity contribution in [2.75, 3.05) is 11.9 Å². The van der Waals surface area contributed by atoms with Crippen molar-refractivity contribution in [1.82, 2.24) is 4.98 Å². The van der Waals surface area contributed by atoms with E-state index in [0.717, 1.165) is 5.76 Å². The lowest BCUT2D eigenvalue weighted by molar-refractivity contribution is 0.0695. The molecule has 0 radical (unpaired) electrons. The standard InChI is InChI=1S/C13H14N2O3/c1-9-11(13(16)17)5-6-12(14-9)15(2)8-10-4-3-7-18-10/h3-7H,8H2,1-2H3,(H,16,17). The van der Waals surface area contributed by atoms with Gasteiger partial charge in [0.2, 0.25) is 0 Å². The Bertz CT molecular complexity index is 549. The highest BCUT2D eigenvalue weighted by Gasteiger charge is 2.11. The third kappa shape index (κ3) is 2.51. The molecule has 0 amide bonds. The first-order valence-electron chi connectivity index (χ1n) is 5.52. The number of carbonyl (C=O) groups is 1. The first kappa shape index (κ1) is 12.2. The number of hydrogen-bond acceptors (Lipinski definition) is 4. The van der Waals surface area contributed by atoms with Gasteiger partial charge in [-0.05, 0) is 31.2 Å². The number of rotatable bonds is 4. The highest BCUT2D eigenvalue weighted by molar-refractivity contribution is 5.89. The van der Waals surface area contributed by atoms with Crippen LogP contribution in [0.4, 0.5) is 5.82 Å². The van der Waals surface area contributed by atoms with Crippen LogP contribution in [0.3, 0.4) is 0 Å². The number of anilines is 1. The van der Waals surface area contributed by atoms with Gasteiger partial charge >= 0.3 is 5.97 Å². The van der Waals surface area contributed by atoms with Crippen molar-refractivity contribution in [2.45, 2.75) is 13.5 Å². The van der Waals surface area contributed by atoms with Crippen molar-refractivity contribution in [3.63, 3.8) is 0 Å². The summed E-state index contributed by atoms with van der Waals surface area (Å²) in [5, 5.41) is 8.93. The number of hydrogen-bond donors (Lipinski definition) is 1. The number of aromatic carboxylic acids is 1. The summed E-state index contributed by atoms with van der Waals surface area (Å²) in [4.78, 5) is 17.1. The van der Waals surface area contributed by atoms with Crippen LogP contribution in [0, 0.1) is 6.92 Å². The Labute approximate surface area is 105 Å². The molecule has 18 heavy (non-hydrogen) atoms. The summed E-state index contributed by atoms with van der Waals surface area (Å²) in [6.45, 7) is 2.28. The number of nitrogens with zero attached hydrogens (tertiary/aromatic N) is 2. The molecule has 0 atom stereocenters. The molecule has 0 aliphatic carbocycles. The molecule has 0 aromatic carbocycles. The number of carboxylic acids is 1. The van der Waals surface area contributed by atoms with Crippen LogP contribution >= 0.6 is 0 Å². The summed E-state index contributed by atoms with van der Waals surface area (Å²) in [5.41, 5.74) is 0.733. The van der Waals surface area contributed by atoms with Crippen molar-refractivity contribution >= 4 is 11.8 Å². The summed E-state index contributed by atoms with van der Waals surface area (Å²) in [7, 11) is 1.88. The average Bonchev–Trinajstić information content (AvgIpc) is 2.81. The Hall–Kier alpha value is -2.30. The van der Waals surface area contributed by atoms with E-state index < -0.39 is 5.97 Å². The molecule has 1 N–H and O–H groups in total. The van der Waals surface area contributed by atoms with E-state index in [4.69, 9.17) is 9.52 Å². The Morgan fingerprint density at radius 2 is 2.22 bits per heavy atom. The molecule has 2 aromatic heterocycles. The van der Waals surface area contributed by atoms with Gasteiger partial charge in [0.15, 0.2) is 0 Å². The van der Waals surface area contributed by atoms with Crippen LogP contribution in [0.1, 0.15) is 21.8 Å². The summed E-state index contributed by atoms with van der Waals surface area (Å²) in [6, 6.07) is 6.97. The van der Waals surface area contributed by atoms with E-state index >= 15 is 0 Å². The molecule has 94 valence electrons. The molecule has 0 aliphatic rings. The third-order valence-corrected chi connectivity index (χ3v) is 2.67. The second-order valence-electron chi connectivity index (χ2n) is 4.04. The predicted octanol–water partition coefficient (Wildman–Crippen LogP) is 2.32. The second kappa shape index (κ2) is 4.91. The SMILES string of the molecule is Cc1nc(N(C)Cc2ccco2)ccc1C(=O)O. The Kier molecular flexibility index (Phi) is 3.32. The molecule has 2 heterocycles. The zero-order valence-corrected chi connectivity index (χ0v) is 10.3. The number of aromatic nitrogens is 1. The van der Waals surface area contributed by atoms with Gasteiger partial charge in [-0.2, -0.15) is 0 Å². The lowest BCUT2D eigenvalue weighted by atomic mass is 10.2. The van der Waals surface area contributed by atoms with Crippen LogP contribution in [0.25, 0.3) is 0 Å². The minimum Gasteiger partial charge on any atom is -0.478 e. The monoisotopic (exact) mass is 246 g/mol. The van der Waals surface area contributed by atoms with E-state index in [1.165, 1.54) is 0 Å². The second-order valence-corrected chi connectivity index (χ2v) is 4.04. The molecule has 5 nitrogen and oxygen atoms in total. The molecule has 5 heteroatoms. The highest BCUT2D eigenvalue weighted by Crippen LogP contribution is 2.16. The van der Waals surface area contributed by atoms with E-state index in [2.05, 4.69) is 4.98 Å². The zero-order valence-electron chi connectivity index (χ0n) is 10.3. The van der Waals surface area contributed by atoms with E-state index in [0.29, 0.717) is 18.1 Å². The maximum Gasteiger partial charge on any atom is 0.337 e. The van der Waals surface area contributed by atoms with E-state index in [-0.39, 0.29) is 5.56 Å². The molecular formula is C13H14N2O3. The minimum absolute atomic E-state index is 0.227. The fourth-order valence-electron chi connectivity index (χ4n) is 1.70. The summed E-state index contributed by atoms with van der Waals surface area (Å²) in [6.07, 6.45) is 1.62. The first-order valence-corrected chi connectivity index (χ1v) is 5.52. The van der Waals surface area contributed by atoms with Crippen LogP contribution in [0.5, 0.6) is 0 Å². The normalized spacial score (nSPS) is 10.3. The largest absolute Gasteiger partial charge is 0.478 e. The van der Waals surface area contributed by atoms with Gasteiger partial charge in [0, 0.05) is 7.05 Å². The van der Waals surface area contributed by atoms with Crippen LogP contribution < -0.4 is 4.90 Å². The zero-order chi connectivity index (χ0) is 13.1. The topological polar surface area (TPSA) is 66.6 Å². The Morgan fingerprint density at radius 1 is 1.44 bits per heavy atom. The molecule has 2 rings (SSSR count). The average molecular weight is 246 g/mol. The maximum atomic E-state index is 10.9. The quantitative estimate of drug-likeness (QED) is 0.896. The summed E-state index contributed by atoms with van der Waals surface area (Å²) < 4.78 is 5.25. The molecule has 0 aliphatic heterocycles. The molecule has 0 saturated carbocycles. The van der Waals surface area contributed by atoms with Crippen molar-refractivity contribution in [2.24, 2.45) is 0 Å². The Balaban J connectivity index is 2.18. The molecule has 0 bridgehead atoms. The van der Waals surface area contributed by atoms with Crippen LogP contribution in [-0.2, 0) is 6.54 Å². The molecule has 0 saturated heterocycles. The summed E-state index contributed by atoms with van der Waals surface area (Å²) in [5.74, 6) is 0.591. The van der Waals surface area contributed by atoms with E-state index in [1.807, 2.05) is 24.1 Å². The van der Waals surface area contributed by atoms with Crippen molar-refractivity contribution in [3.8, 4) is 0 Å². The molecule has 0 fully saturated rings. The molecular weight excluding hydrogens is 232 g/mol. The molecule has 0 spiro atoms. The highest BCUT2D eigenvalue weighted by atomic mass is 16.4. The number of furan rings is 1. The fourth-order valence-corrected chi connectivity index (χ4v) is 1.70. The Morgan fingerprint density at radius 3 is 2.78 bits per heavy atom. The van der Waals surface area contributed by atoms with Crippen molar-refractivity contribution in [3.05, 3.63) is 47.5 Å². The predicted molar refractivity (Wildman–Crippen MR) is 66.7 cm³/mol. The summed E-state index contributed by atoms with van der Waals surface area (Å²) >= 11 is 0. The smallest absolute Gasteiger partial charge is 0.337 e. The van der Waals surface area contributed by atoms with Gasteiger partial charge in [-0.3, -0.25) is 0 Å². The molecule has 2 aromatic rings. The van der Waals surface area contributed by atoms with Crippen molar-refractivity contribution < 1.29 is 14.3 Å². The minimum atomic E-state index is -0.958. The first-order chi connectivity index (χ1) is 8.58. The van der Waals surface area contributed by atoms with Gasteiger partial charge in [-0.1, -0.05) is 0 Å². The third-order valence-electron chi connectivity index (χ3n) is 2.67. The number of carboxylic acid groups (broad SMARTS) is 1. The van der Waals surface area contributed by atoms with Gasteiger partial charge < -0.3 is 14.4 Å². The van der Waals surface area contributed by atoms with Crippen molar-refractivity contribution in [1.29, 1.82) is 0 Å². The van der Waals surface area contributed by atoms with Gasteiger partial charge in [-0.15, -0.1) is 0 Å². The molecule has 0 unspecified atom stereocenters. The van der Waals surface area contributed by atoms with Crippen LogP contribution in [-0.4, -0.2) is 23.1 Å². The fraction of sp³-hybridized carbons (Fsp3) is 0.231. The van der Waals surface area contributed by atoms with E-state index in [1.54, 1.807) is 25.3 Å². The van der Waals surface area contributed by atoms with Gasteiger partial charge in [0.25, 0.3) is 0 Å². The maximum absolute atomic E-state index is 10.9. The van der Waals surface area contributed by atoms with Crippen LogP contribution in [0.2, 0.25) is 0 Å².